The van der Waals surface area contributed by atoms with E-state index in [1.165, 1.54) is 18.3 Å². The van der Waals surface area contributed by atoms with E-state index in [0.717, 1.165) is 60.0 Å². The normalized spacial score (nSPS) is 33.3. The highest BCUT2D eigenvalue weighted by molar-refractivity contribution is 7.12. The van der Waals surface area contributed by atoms with E-state index in [2.05, 4.69) is 69.2 Å². The molecule has 3 aliphatic carbocycles. The summed E-state index contributed by atoms with van der Waals surface area (Å²) in [6.45, 7) is 28.9. The lowest BCUT2D eigenvalue weighted by Gasteiger charge is -2.68. The fraction of sp³-hybridized carbons (Fsp3) is 0.800. The van der Waals surface area contributed by atoms with Crippen molar-refractivity contribution in [1.29, 1.82) is 0 Å². The summed E-state index contributed by atoms with van der Waals surface area (Å²) in [5.74, 6) is -2.37. The summed E-state index contributed by atoms with van der Waals surface area (Å²) in [6, 6.07) is 11.1. The van der Waals surface area contributed by atoms with Gasteiger partial charge < -0.3 is 32.6 Å². The van der Waals surface area contributed by atoms with E-state index in [1.54, 1.807) is 12.1 Å². The van der Waals surface area contributed by atoms with Gasteiger partial charge in [0.25, 0.3) is 0 Å². The van der Waals surface area contributed by atoms with Gasteiger partial charge in [-0.05, 0) is 90.8 Å². The average molecular weight is 893 g/mol. The van der Waals surface area contributed by atoms with Crippen LogP contribution in [0.15, 0.2) is 28.7 Å². The van der Waals surface area contributed by atoms with Crippen LogP contribution in [0.25, 0.3) is 0 Å². The molecule has 1 aromatic heterocycles. The summed E-state index contributed by atoms with van der Waals surface area (Å²) in [5, 5.41) is 16.1. The van der Waals surface area contributed by atoms with Gasteiger partial charge in [0.15, 0.2) is 36.3 Å². The molecular formula is C45H76O10SSi3. The Morgan fingerprint density at radius 3 is 1.83 bits per heavy atom. The number of hydrogen-bond acceptors (Lipinski definition) is 11. The summed E-state index contributed by atoms with van der Waals surface area (Å²) in [5.41, 5.74) is -4.25. The largest absolute Gasteiger partial charge is 0.455 e. The van der Waals surface area contributed by atoms with Crippen molar-refractivity contribution in [3.8, 4) is 0 Å². The molecule has 3 fully saturated rings. The highest BCUT2D eigenvalue weighted by Crippen LogP contribution is 2.65. The minimum Gasteiger partial charge on any atom is -0.455 e. The van der Waals surface area contributed by atoms with Crippen LogP contribution in [0.4, 0.5) is 0 Å². The molecule has 5 rings (SSSR count). The van der Waals surface area contributed by atoms with E-state index >= 15 is 4.79 Å². The van der Waals surface area contributed by atoms with Gasteiger partial charge in [0.1, 0.15) is 28.8 Å². The SMILES string of the molecule is CC[Si](CC)(CC)O[C@H]1C(=O)[C@]2(C)[C@@H](O[Si](CC)(CC)CC)C[C@H]3OC[C@@]3(OC(C)=O)[C@H]2[C@H](OC(=O)c2cccs2)[C@]2(O)C[C@H](O[Si](CC)(CC)CC)C(C)=C1C2(C)C. The lowest BCUT2D eigenvalue weighted by atomic mass is 9.44. The summed E-state index contributed by atoms with van der Waals surface area (Å²) >= 11 is 1.26. The summed E-state index contributed by atoms with van der Waals surface area (Å²) in [6.07, 6.45) is -3.90. The van der Waals surface area contributed by atoms with Gasteiger partial charge in [-0.25, -0.2) is 4.79 Å². The first-order valence-corrected chi connectivity index (χ1v) is 31.3. The topological polar surface area (TPSA) is 127 Å². The Morgan fingerprint density at radius 2 is 1.37 bits per heavy atom. The number of ether oxygens (including phenoxy) is 3. The van der Waals surface area contributed by atoms with Gasteiger partial charge in [-0.15, -0.1) is 11.3 Å². The number of thiophene rings is 1. The molecule has 59 heavy (non-hydrogen) atoms. The maximum Gasteiger partial charge on any atom is 0.348 e. The maximum atomic E-state index is 16.8. The fourth-order valence-electron chi connectivity index (χ4n) is 11.7. The molecule has 0 amide bonds. The Labute approximate surface area is 362 Å². The average Bonchev–Trinajstić information content (AvgIpc) is 3.77. The number of esters is 2. The number of carbonyl (C=O) groups is 3. The summed E-state index contributed by atoms with van der Waals surface area (Å²) in [4.78, 5) is 45.1. The van der Waals surface area contributed by atoms with Crippen LogP contribution in [0.1, 0.15) is 119 Å². The molecule has 0 unspecified atom stereocenters. The van der Waals surface area contributed by atoms with Crippen molar-refractivity contribution in [2.75, 3.05) is 6.61 Å². The maximum absolute atomic E-state index is 16.8. The molecule has 14 heteroatoms. The van der Waals surface area contributed by atoms with Gasteiger partial charge >= 0.3 is 11.9 Å². The Hall–Kier alpha value is -1.50. The van der Waals surface area contributed by atoms with Crippen LogP contribution in [-0.2, 0) is 37.1 Å². The third kappa shape index (κ3) is 7.82. The van der Waals surface area contributed by atoms with Crippen LogP contribution in [0.3, 0.4) is 0 Å². The lowest BCUT2D eigenvalue weighted by molar-refractivity contribution is -0.344. The van der Waals surface area contributed by atoms with Crippen LogP contribution in [0.5, 0.6) is 0 Å². The van der Waals surface area contributed by atoms with Crippen LogP contribution < -0.4 is 0 Å². The van der Waals surface area contributed by atoms with E-state index in [4.69, 9.17) is 27.5 Å². The fourth-order valence-corrected chi connectivity index (χ4v) is 20.8. The van der Waals surface area contributed by atoms with E-state index in [-0.39, 0.29) is 18.8 Å². The van der Waals surface area contributed by atoms with Crippen LogP contribution in [0, 0.1) is 16.7 Å². The monoisotopic (exact) mass is 892 g/mol. The summed E-state index contributed by atoms with van der Waals surface area (Å²) in [7, 11) is -7.33. The highest BCUT2D eigenvalue weighted by atomic mass is 32.1. The predicted octanol–water partition coefficient (Wildman–Crippen LogP) is 10.2. The van der Waals surface area contributed by atoms with Crippen LogP contribution in [-0.4, -0.2) is 96.1 Å². The Bertz CT molecular complexity index is 1680. The Morgan fingerprint density at radius 1 is 0.847 bits per heavy atom. The number of rotatable bonds is 18. The smallest absolute Gasteiger partial charge is 0.348 e. The molecule has 1 aromatic rings. The van der Waals surface area contributed by atoms with E-state index in [1.807, 2.05) is 26.2 Å². The zero-order chi connectivity index (χ0) is 44.0. The molecule has 0 spiro atoms. The van der Waals surface area contributed by atoms with E-state index < -0.39 is 95.4 Å². The minimum atomic E-state index is -2.56. The van der Waals surface area contributed by atoms with Crippen molar-refractivity contribution in [2.45, 2.75) is 206 Å². The molecule has 1 aliphatic heterocycles. The standard InChI is InChI=1S/C45H76O10SSi3/c1-15-57(16-2,17-3)53-32-28-45(49)40(51-41(48)33-25-24-26-56-33)38-43(14,39(47)37(36(30(32)10)42(45,12)13)55-59(21-7,22-8)23-9)34(54-58(18-4,19-5)20-6)27-35-44(38,29-50-35)52-31(11)46/h24-26,32,34-35,37-38,40,49H,15-23,27-29H2,1-14H3/t32-,34-,35+,37+,38-,40-,43+,44-,45+/m0/s1. The molecule has 1 saturated heterocycles. The predicted molar refractivity (Wildman–Crippen MR) is 241 cm³/mol. The van der Waals surface area contributed by atoms with Crippen molar-refractivity contribution in [1.82, 2.24) is 0 Å². The van der Waals surface area contributed by atoms with Crippen LogP contribution >= 0.6 is 11.3 Å². The Kier molecular flexibility index (Phi) is 14.8. The van der Waals surface area contributed by atoms with Gasteiger partial charge in [-0.2, -0.15) is 0 Å². The third-order valence-corrected chi connectivity index (χ3v) is 31.3. The van der Waals surface area contributed by atoms with Crippen molar-refractivity contribution in [2.24, 2.45) is 16.7 Å². The Balaban J connectivity index is 1.96. The number of Topliss-reactive ketones (excluding diaryl/α,β-unsaturated/α-hetero) is 1. The molecule has 9 atom stereocenters. The highest BCUT2D eigenvalue weighted by Gasteiger charge is 2.79. The van der Waals surface area contributed by atoms with Gasteiger partial charge in [-0.3, -0.25) is 9.59 Å². The molecule has 2 heterocycles. The van der Waals surface area contributed by atoms with Crippen molar-refractivity contribution >= 4 is 54.0 Å². The van der Waals surface area contributed by atoms with Gasteiger partial charge in [-0.1, -0.05) is 82.2 Å². The lowest BCUT2D eigenvalue weighted by Crippen LogP contribution is -2.82. The van der Waals surface area contributed by atoms with Gasteiger partial charge in [0.05, 0.1) is 30.1 Å². The number of aliphatic hydroxyl groups is 1. The van der Waals surface area contributed by atoms with Gasteiger partial charge in [0.2, 0.25) is 0 Å². The minimum absolute atomic E-state index is 0.0127. The van der Waals surface area contributed by atoms with Crippen molar-refractivity contribution in [3.05, 3.63) is 33.5 Å². The molecule has 2 bridgehead atoms. The van der Waals surface area contributed by atoms with E-state index in [9.17, 15) is 14.7 Å². The molecule has 4 aliphatic rings. The number of fused-ring (bicyclic) bond motifs is 5. The zero-order valence-corrected chi connectivity index (χ0v) is 42.5. The van der Waals surface area contributed by atoms with Crippen LogP contribution in [0.2, 0.25) is 54.4 Å². The molecule has 10 nitrogen and oxygen atoms in total. The molecule has 0 aromatic carbocycles. The van der Waals surface area contributed by atoms with Crippen molar-refractivity contribution in [3.63, 3.8) is 0 Å². The number of carbonyl (C=O) groups excluding carboxylic acids is 3. The second-order valence-electron chi connectivity index (χ2n) is 18.8. The number of hydrogen-bond donors (Lipinski definition) is 1. The molecular weight excluding hydrogens is 817 g/mol. The quantitative estimate of drug-likeness (QED) is 0.0865. The first kappa shape index (κ1) is 48.5. The third-order valence-electron chi connectivity index (χ3n) is 16.5. The summed E-state index contributed by atoms with van der Waals surface area (Å²) < 4.78 is 42.3. The number of ketones is 1. The first-order valence-electron chi connectivity index (χ1n) is 22.8. The molecule has 0 radical (unpaired) electrons. The molecule has 2 saturated carbocycles. The first-order chi connectivity index (χ1) is 27.7. The second kappa shape index (κ2) is 17.9. The molecule has 1 N–H and O–H groups in total. The van der Waals surface area contributed by atoms with Crippen molar-refractivity contribution < 1.29 is 47.0 Å². The second-order valence-corrected chi connectivity index (χ2v) is 33.9. The van der Waals surface area contributed by atoms with E-state index in [0.29, 0.717) is 16.9 Å². The zero-order valence-electron chi connectivity index (χ0n) is 38.7. The van der Waals surface area contributed by atoms with Gasteiger partial charge in [0, 0.05) is 25.2 Å². The molecule has 334 valence electrons.